The number of furan rings is 1. The first kappa shape index (κ1) is 19.3. The van der Waals surface area contributed by atoms with Crippen LogP contribution in [0.3, 0.4) is 0 Å². The maximum atomic E-state index is 12.2. The Labute approximate surface area is 155 Å². The van der Waals surface area contributed by atoms with Crippen molar-refractivity contribution in [3.63, 3.8) is 0 Å². The quantitative estimate of drug-likeness (QED) is 0.568. The van der Waals surface area contributed by atoms with Gasteiger partial charge in [-0.2, -0.15) is 5.10 Å². The molecule has 8 nitrogen and oxygen atoms in total. The molecule has 0 saturated heterocycles. The van der Waals surface area contributed by atoms with Crippen LogP contribution in [-0.4, -0.2) is 31.7 Å². The third-order valence-electron chi connectivity index (χ3n) is 3.26. The molecule has 0 bridgehead atoms. The number of nitrogens with zero attached hydrogens (tertiary/aromatic N) is 1. The topological polar surface area (TPSA) is 102 Å². The van der Waals surface area contributed by atoms with Gasteiger partial charge in [0.2, 0.25) is 5.91 Å². The van der Waals surface area contributed by atoms with Crippen LogP contribution < -0.4 is 20.2 Å². The highest BCUT2D eigenvalue weighted by Gasteiger charge is 2.13. The van der Waals surface area contributed by atoms with Crippen LogP contribution >= 0.6 is 11.6 Å². The third-order valence-corrected chi connectivity index (χ3v) is 3.55. The Kier molecular flexibility index (Phi) is 6.62. The smallest absolute Gasteiger partial charge is 0.307 e. The van der Waals surface area contributed by atoms with Crippen molar-refractivity contribution in [1.82, 2.24) is 5.43 Å². The summed E-state index contributed by atoms with van der Waals surface area (Å²) in [7, 11) is 2.95. The first-order chi connectivity index (χ1) is 12.4. The first-order valence-corrected chi connectivity index (χ1v) is 7.90. The summed E-state index contributed by atoms with van der Waals surface area (Å²) in [4.78, 5) is 23.9. The molecule has 2 aromatic rings. The Morgan fingerprint density at radius 2 is 1.96 bits per heavy atom. The largest absolute Gasteiger partial charge is 0.495 e. The van der Waals surface area contributed by atoms with E-state index in [-0.39, 0.29) is 18.1 Å². The average molecular weight is 380 g/mol. The molecule has 2 amide bonds. The lowest BCUT2D eigenvalue weighted by molar-refractivity contribution is -0.115. The van der Waals surface area contributed by atoms with E-state index in [4.69, 9.17) is 25.5 Å². The van der Waals surface area contributed by atoms with E-state index in [1.54, 1.807) is 19.1 Å². The van der Waals surface area contributed by atoms with Crippen LogP contribution in [0.1, 0.15) is 23.9 Å². The highest BCUT2D eigenvalue weighted by Crippen LogP contribution is 2.35. The Balaban J connectivity index is 1.98. The predicted octanol–water partition coefficient (Wildman–Crippen LogP) is 3.08. The molecule has 0 saturated carbocycles. The van der Waals surface area contributed by atoms with Crippen LogP contribution in [0.25, 0.3) is 0 Å². The number of hydrazone groups is 1. The number of carbonyl (C=O) groups excluding carboxylic acids is 2. The molecule has 2 N–H and O–H groups in total. The van der Waals surface area contributed by atoms with Gasteiger partial charge in [-0.3, -0.25) is 9.59 Å². The molecule has 1 heterocycles. The molecule has 1 aromatic carbocycles. The molecular formula is C17H18ClN3O5. The molecule has 0 radical (unpaired) electrons. The number of halogens is 1. The number of nitrogens with one attached hydrogen (secondary N) is 2. The van der Waals surface area contributed by atoms with Gasteiger partial charge in [0, 0.05) is 11.8 Å². The summed E-state index contributed by atoms with van der Waals surface area (Å²) in [6.45, 7) is 1.61. The van der Waals surface area contributed by atoms with Crippen LogP contribution in [0.15, 0.2) is 40.0 Å². The van der Waals surface area contributed by atoms with Gasteiger partial charge in [-0.05, 0) is 25.1 Å². The monoisotopic (exact) mass is 379 g/mol. The molecule has 0 aliphatic heterocycles. The summed E-state index contributed by atoms with van der Waals surface area (Å²) >= 11 is 6.07. The second-order valence-corrected chi connectivity index (χ2v) is 5.58. The summed E-state index contributed by atoms with van der Waals surface area (Å²) < 4.78 is 15.3. The van der Waals surface area contributed by atoms with Gasteiger partial charge in [0.05, 0.1) is 37.6 Å². The van der Waals surface area contributed by atoms with Crippen molar-refractivity contribution in [3.8, 4) is 11.5 Å². The van der Waals surface area contributed by atoms with E-state index in [2.05, 4.69) is 15.8 Å². The zero-order valence-corrected chi connectivity index (χ0v) is 15.2. The first-order valence-electron chi connectivity index (χ1n) is 7.53. The van der Waals surface area contributed by atoms with Crippen LogP contribution in [0.4, 0.5) is 5.69 Å². The molecular weight excluding hydrogens is 362 g/mol. The fourth-order valence-corrected chi connectivity index (χ4v) is 2.27. The van der Waals surface area contributed by atoms with Crippen LogP contribution in [0.2, 0.25) is 5.02 Å². The fraction of sp³-hybridized carbons (Fsp3) is 0.235. The minimum absolute atomic E-state index is 0.0365. The lowest BCUT2D eigenvalue weighted by atomic mass is 10.2. The molecule has 0 unspecified atom stereocenters. The number of anilines is 1. The van der Waals surface area contributed by atoms with E-state index in [0.717, 1.165) is 0 Å². The fourth-order valence-electron chi connectivity index (χ4n) is 2.03. The Morgan fingerprint density at radius 3 is 2.58 bits per heavy atom. The lowest BCUT2D eigenvalue weighted by Gasteiger charge is -2.13. The summed E-state index contributed by atoms with van der Waals surface area (Å²) in [6, 6.07) is 6.20. The number of ether oxygens (including phenoxy) is 2. The second-order valence-electron chi connectivity index (χ2n) is 5.18. The zero-order valence-electron chi connectivity index (χ0n) is 14.5. The van der Waals surface area contributed by atoms with E-state index in [9.17, 15) is 9.59 Å². The molecule has 26 heavy (non-hydrogen) atoms. The van der Waals surface area contributed by atoms with E-state index in [1.807, 2.05) is 0 Å². The molecule has 0 aliphatic rings. The van der Waals surface area contributed by atoms with Gasteiger partial charge < -0.3 is 19.2 Å². The van der Waals surface area contributed by atoms with Gasteiger partial charge in [0.15, 0.2) is 5.76 Å². The second kappa shape index (κ2) is 8.91. The number of amides is 2. The van der Waals surface area contributed by atoms with Gasteiger partial charge >= 0.3 is 5.91 Å². The van der Waals surface area contributed by atoms with E-state index < -0.39 is 5.91 Å². The van der Waals surface area contributed by atoms with E-state index >= 15 is 0 Å². The number of benzene rings is 1. The molecule has 0 atom stereocenters. The van der Waals surface area contributed by atoms with Crippen molar-refractivity contribution in [1.29, 1.82) is 0 Å². The maximum Gasteiger partial charge on any atom is 0.307 e. The Morgan fingerprint density at radius 1 is 1.23 bits per heavy atom. The summed E-state index contributed by atoms with van der Waals surface area (Å²) in [6.07, 6.45) is 1.34. The lowest BCUT2D eigenvalue weighted by Crippen LogP contribution is -2.21. The van der Waals surface area contributed by atoms with Crippen LogP contribution in [0.5, 0.6) is 11.5 Å². The number of carbonyl (C=O) groups is 2. The molecule has 0 spiro atoms. The highest BCUT2D eigenvalue weighted by molar-refractivity contribution is 6.32. The molecule has 9 heteroatoms. The SMILES string of the molecule is COc1cc(OC)c(NC(=O)C/C(C)=N\NC(=O)c2ccco2)cc1Cl. The standard InChI is InChI=1S/C17H18ClN3O5/c1-10(20-21-17(23)13-5-4-6-26-13)7-16(22)19-12-8-11(18)14(24-2)9-15(12)25-3/h4-6,8-9H,7H2,1-3H3,(H,19,22)(H,21,23)/b20-10-. The number of hydrogen-bond donors (Lipinski definition) is 2. The summed E-state index contributed by atoms with van der Waals surface area (Å²) in [5.74, 6) is 0.111. The molecule has 138 valence electrons. The van der Waals surface area contributed by atoms with E-state index in [0.29, 0.717) is 27.9 Å². The van der Waals surface area contributed by atoms with Gasteiger partial charge in [0.25, 0.3) is 0 Å². The van der Waals surface area contributed by atoms with Crippen molar-refractivity contribution in [2.75, 3.05) is 19.5 Å². The molecule has 0 fully saturated rings. The van der Waals surface area contributed by atoms with Gasteiger partial charge in [-0.25, -0.2) is 5.43 Å². The van der Waals surface area contributed by atoms with Gasteiger partial charge in [0.1, 0.15) is 11.5 Å². The summed E-state index contributed by atoms with van der Waals surface area (Å²) in [5, 5.41) is 6.88. The molecule has 1 aromatic heterocycles. The summed E-state index contributed by atoms with van der Waals surface area (Å²) in [5.41, 5.74) is 3.12. The molecule has 0 aliphatic carbocycles. The Bertz CT molecular complexity index is 818. The van der Waals surface area contributed by atoms with Crippen LogP contribution in [-0.2, 0) is 4.79 Å². The van der Waals surface area contributed by atoms with Gasteiger partial charge in [-0.1, -0.05) is 11.6 Å². The zero-order chi connectivity index (χ0) is 19.1. The Hall–Kier alpha value is -3.00. The maximum absolute atomic E-state index is 12.2. The van der Waals surface area contributed by atoms with Crippen molar-refractivity contribution in [3.05, 3.63) is 41.3 Å². The highest BCUT2D eigenvalue weighted by atomic mass is 35.5. The van der Waals surface area contributed by atoms with Crippen LogP contribution in [0, 0.1) is 0 Å². The van der Waals surface area contributed by atoms with Gasteiger partial charge in [-0.15, -0.1) is 0 Å². The minimum Gasteiger partial charge on any atom is -0.495 e. The molecule has 2 rings (SSSR count). The number of methoxy groups -OCH3 is 2. The van der Waals surface area contributed by atoms with E-state index in [1.165, 1.54) is 32.6 Å². The minimum atomic E-state index is -0.502. The van der Waals surface area contributed by atoms with Crippen molar-refractivity contribution in [2.45, 2.75) is 13.3 Å². The third kappa shape index (κ3) is 5.00. The van der Waals surface area contributed by atoms with Crippen molar-refractivity contribution < 1.29 is 23.5 Å². The average Bonchev–Trinajstić information content (AvgIpc) is 3.14. The normalized spacial score (nSPS) is 11.0. The van der Waals surface area contributed by atoms with Crippen molar-refractivity contribution in [2.24, 2.45) is 5.10 Å². The predicted molar refractivity (Wildman–Crippen MR) is 97.1 cm³/mol. The number of hydrogen-bond acceptors (Lipinski definition) is 6. The van der Waals surface area contributed by atoms with Crippen molar-refractivity contribution >= 4 is 34.8 Å². The number of rotatable bonds is 7.